The second-order valence-electron chi connectivity index (χ2n) is 6.01. The molecule has 24 heavy (non-hydrogen) atoms. The van der Waals surface area contributed by atoms with Crippen LogP contribution < -0.4 is 4.72 Å². The van der Waals surface area contributed by atoms with Crippen LogP contribution >= 0.6 is 11.6 Å². The minimum absolute atomic E-state index is 0.113. The number of rotatable bonds is 5. The van der Waals surface area contributed by atoms with Gasteiger partial charge in [-0.15, -0.1) is 0 Å². The maximum absolute atomic E-state index is 12.6. The molecule has 0 amide bonds. The van der Waals surface area contributed by atoms with Gasteiger partial charge >= 0.3 is 0 Å². The lowest BCUT2D eigenvalue weighted by atomic mass is 9.74. The minimum Gasteiger partial charge on any atom is -0.381 e. The zero-order valence-electron chi connectivity index (χ0n) is 13.2. The molecule has 0 saturated carbocycles. The molecule has 0 radical (unpaired) electrons. The summed E-state index contributed by atoms with van der Waals surface area (Å²) in [5.74, 6) is 0. The molecule has 1 N–H and O–H groups in total. The number of ether oxygens (including phenoxy) is 1. The van der Waals surface area contributed by atoms with Crippen molar-refractivity contribution in [2.45, 2.75) is 23.2 Å². The second-order valence-corrected chi connectivity index (χ2v) is 8.16. The zero-order valence-corrected chi connectivity index (χ0v) is 14.8. The highest BCUT2D eigenvalue weighted by Crippen LogP contribution is 2.34. The summed E-state index contributed by atoms with van der Waals surface area (Å²) < 4.78 is 33.5. The number of sulfonamides is 1. The maximum atomic E-state index is 12.6. The number of hydrogen-bond donors (Lipinski definition) is 1. The van der Waals surface area contributed by atoms with Crippen LogP contribution in [-0.2, 0) is 20.2 Å². The summed E-state index contributed by atoms with van der Waals surface area (Å²) in [4.78, 5) is 0.113. The van der Waals surface area contributed by atoms with Crippen LogP contribution in [0.4, 0.5) is 0 Å². The van der Waals surface area contributed by atoms with E-state index in [2.05, 4.69) is 16.9 Å². The maximum Gasteiger partial charge on any atom is 0.242 e. The highest BCUT2D eigenvalue weighted by atomic mass is 35.5. The lowest BCUT2D eigenvalue weighted by Gasteiger charge is -2.37. The summed E-state index contributed by atoms with van der Waals surface area (Å²) in [6.07, 6.45) is 1.56. The summed E-state index contributed by atoms with van der Waals surface area (Å²) in [6, 6.07) is 16.5. The number of benzene rings is 2. The standard InChI is InChI=1S/C18H20ClNO3S/c19-16-8-4-5-9-17(16)24(21,22)20-14-18(10-12-23-13-11-18)15-6-2-1-3-7-15/h1-9,20H,10-14H2. The monoisotopic (exact) mass is 365 g/mol. The Morgan fingerprint density at radius 2 is 1.62 bits per heavy atom. The predicted octanol–water partition coefficient (Wildman–Crippen LogP) is 3.37. The summed E-state index contributed by atoms with van der Waals surface area (Å²) in [6.45, 7) is 1.58. The number of nitrogens with one attached hydrogen (secondary N) is 1. The number of hydrogen-bond acceptors (Lipinski definition) is 3. The first kappa shape index (κ1) is 17.4. The molecular weight excluding hydrogens is 346 g/mol. The van der Waals surface area contributed by atoms with Gasteiger partial charge in [-0.3, -0.25) is 0 Å². The molecule has 1 heterocycles. The van der Waals surface area contributed by atoms with Crippen LogP contribution in [0.2, 0.25) is 5.02 Å². The van der Waals surface area contributed by atoms with Crippen LogP contribution in [0.5, 0.6) is 0 Å². The molecule has 0 aromatic heterocycles. The van der Waals surface area contributed by atoms with Crippen LogP contribution in [0.15, 0.2) is 59.5 Å². The molecule has 6 heteroatoms. The van der Waals surface area contributed by atoms with Gasteiger partial charge in [0.1, 0.15) is 4.90 Å². The van der Waals surface area contributed by atoms with Crippen molar-refractivity contribution in [1.29, 1.82) is 0 Å². The van der Waals surface area contributed by atoms with E-state index in [-0.39, 0.29) is 15.3 Å². The molecule has 2 aromatic carbocycles. The van der Waals surface area contributed by atoms with Crippen LogP contribution in [0.1, 0.15) is 18.4 Å². The third-order valence-corrected chi connectivity index (χ3v) is 6.46. The number of halogens is 1. The lowest BCUT2D eigenvalue weighted by Crippen LogP contribution is -2.44. The summed E-state index contributed by atoms with van der Waals surface area (Å²) >= 11 is 6.04. The molecule has 0 atom stereocenters. The Morgan fingerprint density at radius 1 is 1.00 bits per heavy atom. The van der Waals surface area contributed by atoms with Crippen LogP contribution in [-0.4, -0.2) is 28.2 Å². The van der Waals surface area contributed by atoms with Crippen molar-refractivity contribution in [3.8, 4) is 0 Å². The van der Waals surface area contributed by atoms with Gasteiger partial charge in [0.2, 0.25) is 10.0 Å². The van der Waals surface area contributed by atoms with E-state index in [4.69, 9.17) is 16.3 Å². The molecule has 4 nitrogen and oxygen atoms in total. The van der Waals surface area contributed by atoms with Crippen molar-refractivity contribution in [1.82, 2.24) is 4.72 Å². The first-order valence-electron chi connectivity index (χ1n) is 7.91. The molecule has 2 aromatic rings. The van der Waals surface area contributed by atoms with Gasteiger partial charge in [-0.2, -0.15) is 0 Å². The highest BCUT2D eigenvalue weighted by Gasteiger charge is 2.35. The Bertz CT molecular complexity index is 787. The van der Waals surface area contributed by atoms with Gasteiger partial charge in [-0.25, -0.2) is 13.1 Å². The van der Waals surface area contributed by atoms with E-state index in [1.54, 1.807) is 18.2 Å². The zero-order chi connectivity index (χ0) is 17.0. The van der Waals surface area contributed by atoms with Gasteiger partial charge in [0, 0.05) is 25.2 Å². The smallest absolute Gasteiger partial charge is 0.242 e. The van der Waals surface area contributed by atoms with Crippen LogP contribution in [0.3, 0.4) is 0 Å². The largest absolute Gasteiger partial charge is 0.381 e. The average molecular weight is 366 g/mol. The highest BCUT2D eigenvalue weighted by molar-refractivity contribution is 7.89. The van der Waals surface area contributed by atoms with Gasteiger partial charge in [0.15, 0.2) is 0 Å². The Morgan fingerprint density at radius 3 is 2.29 bits per heavy atom. The van der Waals surface area contributed by atoms with Crippen molar-refractivity contribution < 1.29 is 13.2 Å². The average Bonchev–Trinajstić information content (AvgIpc) is 2.62. The van der Waals surface area contributed by atoms with E-state index in [1.807, 2.05) is 18.2 Å². The molecule has 3 rings (SSSR count). The van der Waals surface area contributed by atoms with Crippen molar-refractivity contribution in [3.63, 3.8) is 0 Å². The van der Waals surface area contributed by atoms with Crippen molar-refractivity contribution >= 4 is 21.6 Å². The Balaban J connectivity index is 1.86. The first-order valence-corrected chi connectivity index (χ1v) is 9.77. The quantitative estimate of drug-likeness (QED) is 0.883. The predicted molar refractivity (Wildman–Crippen MR) is 94.8 cm³/mol. The third kappa shape index (κ3) is 3.64. The molecular formula is C18H20ClNO3S. The van der Waals surface area contributed by atoms with Crippen molar-refractivity contribution in [2.75, 3.05) is 19.8 Å². The van der Waals surface area contributed by atoms with Crippen LogP contribution in [0.25, 0.3) is 0 Å². The SMILES string of the molecule is O=S(=O)(NCC1(c2ccccc2)CCOCC1)c1ccccc1Cl. The van der Waals surface area contributed by atoms with E-state index in [1.165, 1.54) is 6.07 Å². The van der Waals surface area contributed by atoms with Gasteiger partial charge in [-0.05, 0) is 30.5 Å². The Kier molecular flexibility index (Phi) is 5.25. The van der Waals surface area contributed by atoms with Gasteiger partial charge in [0.25, 0.3) is 0 Å². The molecule has 1 fully saturated rings. The molecule has 1 saturated heterocycles. The van der Waals surface area contributed by atoms with Crippen molar-refractivity contribution in [2.24, 2.45) is 0 Å². The lowest BCUT2D eigenvalue weighted by molar-refractivity contribution is 0.0517. The van der Waals surface area contributed by atoms with E-state index < -0.39 is 10.0 Å². The molecule has 128 valence electrons. The molecule has 1 aliphatic heterocycles. The third-order valence-electron chi connectivity index (χ3n) is 4.56. The van der Waals surface area contributed by atoms with E-state index in [0.29, 0.717) is 19.8 Å². The normalized spacial score (nSPS) is 17.5. The summed E-state index contributed by atoms with van der Waals surface area (Å²) in [5.41, 5.74) is 0.878. The van der Waals surface area contributed by atoms with Crippen molar-refractivity contribution in [3.05, 3.63) is 65.2 Å². The van der Waals surface area contributed by atoms with E-state index in [0.717, 1.165) is 18.4 Å². The van der Waals surface area contributed by atoms with Gasteiger partial charge in [0.05, 0.1) is 5.02 Å². The second kappa shape index (κ2) is 7.23. The molecule has 0 bridgehead atoms. The van der Waals surface area contributed by atoms with E-state index >= 15 is 0 Å². The molecule has 1 aliphatic rings. The van der Waals surface area contributed by atoms with E-state index in [9.17, 15) is 8.42 Å². The molecule has 0 spiro atoms. The fraction of sp³-hybridized carbons (Fsp3) is 0.333. The summed E-state index contributed by atoms with van der Waals surface area (Å²) in [5, 5.41) is 0.228. The Labute approximate surface area is 147 Å². The summed E-state index contributed by atoms with van der Waals surface area (Å²) in [7, 11) is -3.66. The Hall–Kier alpha value is -1.40. The molecule has 0 unspecified atom stereocenters. The first-order chi connectivity index (χ1) is 11.5. The minimum atomic E-state index is -3.66. The fourth-order valence-electron chi connectivity index (χ4n) is 3.09. The molecule has 0 aliphatic carbocycles. The van der Waals surface area contributed by atoms with Crippen LogP contribution in [0, 0.1) is 0 Å². The fourth-order valence-corrected chi connectivity index (χ4v) is 4.74. The van der Waals surface area contributed by atoms with Gasteiger partial charge < -0.3 is 4.74 Å². The van der Waals surface area contributed by atoms with Gasteiger partial charge in [-0.1, -0.05) is 54.1 Å². The topological polar surface area (TPSA) is 55.4 Å².